The summed E-state index contributed by atoms with van der Waals surface area (Å²) in [6.07, 6.45) is 4.09. The second-order valence-corrected chi connectivity index (χ2v) is 8.30. The lowest BCUT2D eigenvalue weighted by molar-refractivity contribution is 0.00578. The fourth-order valence-corrected chi connectivity index (χ4v) is 3.38. The Kier molecular flexibility index (Phi) is 5.01. The molecule has 0 atom stereocenters. The van der Waals surface area contributed by atoms with Crippen LogP contribution in [-0.2, 0) is 9.31 Å². The summed E-state index contributed by atoms with van der Waals surface area (Å²) < 4.78 is 38.0. The fourth-order valence-electron chi connectivity index (χ4n) is 2.73. The van der Waals surface area contributed by atoms with E-state index in [-0.39, 0.29) is 0 Å². The number of nitrogens with zero attached hydrogens (tertiary/aromatic N) is 1. The first-order valence-corrected chi connectivity index (χ1v) is 9.11. The van der Waals surface area contributed by atoms with Crippen LogP contribution in [0.2, 0.25) is 0 Å². The highest BCUT2D eigenvalue weighted by Gasteiger charge is 2.54. The van der Waals surface area contributed by atoms with Gasteiger partial charge in [0.1, 0.15) is 0 Å². The van der Waals surface area contributed by atoms with Crippen LogP contribution in [-0.4, -0.2) is 29.0 Å². The van der Waals surface area contributed by atoms with Crippen molar-refractivity contribution in [2.75, 3.05) is 0 Å². The minimum atomic E-state index is -2.46. The maximum Gasteiger partial charge on any atom is 0.598 e. The van der Waals surface area contributed by atoms with Crippen molar-refractivity contribution in [3.63, 3.8) is 0 Å². The molecule has 0 aliphatic carbocycles. The van der Waals surface area contributed by atoms with Crippen molar-refractivity contribution in [2.45, 2.75) is 51.1 Å². The standard InChI is InChI=1S/C18H22BF2NO2S/c1-17(2)18(3,4)24-19(23-17)22-11-14(13-8-6-5-7-9-13)10-15(12-22)25-16(20)21/h5-9,11-12,16H,10H2,1-4H3. The van der Waals surface area contributed by atoms with Crippen molar-refractivity contribution in [3.05, 3.63) is 53.2 Å². The molecule has 3 rings (SSSR count). The van der Waals surface area contributed by atoms with Gasteiger partial charge in [0.05, 0.1) is 11.2 Å². The van der Waals surface area contributed by atoms with Crippen molar-refractivity contribution < 1.29 is 18.1 Å². The van der Waals surface area contributed by atoms with Crippen molar-refractivity contribution in [2.24, 2.45) is 0 Å². The van der Waals surface area contributed by atoms with Gasteiger partial charge in [-0.15, -0.1) is 0 Å². The molecule has 0 radical (unpaired) electrons. The molecular formula is C18H22BF2NO2S. The fraction of sp³-hybridized carbons (Fsp3) is 0.444. The summed E-state index contributed by atoms with van der Waals surface area (Å²) in [6, 6.07) is 9.76. The summed E-state index contributed by atoms with van der Waals surface area (Å²) in [4.78, 5) is 2.35. The number of halogens is 2. The Morgan fingerprint density at radius 2 is 1.64 bits per heavy atom. The second kappa shape index (κ2) is 6.78. The Morgan fingerprint density at radius 3 is 2.20 bits per heavy atom. The summed E-state index contributed by atoms with van der Waals surface area (Å²) in [5.41, 5.74) is 0.991. The summed E-state index contributed by atoms with van der Waals surface area (Å²) in [6.45, 7) is 7.88. The van der Waals surface area contributed by atoms with Gasteiger partial charge in [0.15, 0.2) is 0 Å². The molecule has 1 aromatic rings. The molecule has 2 aliphatic rings. The van der Waals surface area contributed by atoms with Crippen LogP contribution in [0.15, 0.2) is 47.6 Å². The SMILES string of the molecule is CC1(C)OB(N2C=C(SC(F)F)CC(c3ccccc3)=C2)OC1(C)C. The second-order valence-electron chi connectivity index (χ2n) is 7.18. The van der Waals surface area contributed by atoms with Crippen LogP contribution in [0.1, 0.15) is 39.7 Å². The predicted octanol–water partition coefficient (Wildman–Crippen LogP) is 5.12. The molecule has 1 aromatic carbocycles. The van der Waals surface area contributed by atoms with Gasteiger partial charge in [-0.3, -0.25) is 0 Å². The predicted molar refractivity (Wildman–Crippen MR) is 98.6 cm³/mol. The Morgan fingerprint density at radius 1 is 1.04 bits per heavy atom. The molecular weight excluding hydrogens is 343 g/mol. The maximum atomic E-state index is 12.9. The van der Waals surface area contributed by atoms with Gasteiger partial charge < -0.3 is 14.1 Å². The van der Waals surface area contributed by atoms with Gasteiger partial charge in [-0.25, -0.2) is 0 Å². The third-order valence-electron chi connectivity index (χ3n) is 4.83. The molecule has 0 spiro atoms. The van der Waals surface area contributed by atoms with E-state index in [9.17, 15) is 8.78 Å². The van der Waals surface area contributed by atoms with E-state index in [1.165, 1.54) is 0 Å². The van der Waals surface area contributed by atoms with Crippen molar-refractivity contribution in [1.82, 2.24) is 4.81 Å². The Bertz CT molecular complexity index is 676. The quantitative estimate of drug-likeness (QED) is 0.691. The van der Waals surface area contributed by atoms with Gasteiger partial charge >= 0.3 is 7.25 Å². The summed E-state index contributed by atoms with van der Waals surface area (Å²) in [7, 11) is -0.641. The van der Waals surface area contributed by atoms with E-state index in [2.05, 4.69) is 0 Å². The van der Waals surface area contributed by atoms with E-state index >= 15 is 0 Å². The highest BCUT2D eigenvalue weighted by molar-refractivity contribution is 8.03. The highest BCUT2D eigenvalue weighted by atomic mass is 32.2. The van der Waals surface area contributed by atoms with Crippen LogP contribution >= 0.6 is 11.8 Å². The van der Waals surface area contributed by atoms with Gasteiger partial charge in [0, 0.05) is 17.5 Å². The normalized spacial score (nSPS) is 22.2. The van der Waals surface area contributed by atoms with Crippen LogP contribution in [0, 0.1) is 0 Å². The van der Waals surface area contributed by atoms with E-state index < -0.39 is 24.2 Å². The van der Waals surface area contributed by atoms with Crippen molar-refractivity contribution in [3.8, 4) is 0 Å². The summed E-state index contributed by atoms with van der Waals surface area (Å²) in [5, 5.41) is 0. The lowest BCUT2D eigenvalue weighted by Crippen LogP contribution is -2.41. The topological polar surface area (TPSA) is 21.7 Å². The van der Waals surface area contributed by atoms with Gasteiger partial charge in [-0.05, 0) is 45.0 Å². The molecule has 134 valence electrons. The monoisotopic (exact) mass is 365 g/mol. The first-order chi connectivity index (χ1) is 11.7. The van der Waals surface area contributed by atoms with Crippen LogP contribution < -0.4 is 0 Å². The third-order valence-corrected chi connectivity index (χ3v) is 5.56. The number of thioether (sulfide) groups is 1. The zero-order chi connectivity index (χ0) is 18.2. The first-order valence-electron chi connectivity index (χ1n) is 8.23. The highest BCUT2D eigenvalue weighted by Crippen LogP contribution is 2.41. The van der Waals surface area contributed by atoms with Gasteiger partial charge in [-0.1, -0.05) is 42.1 Å². The number of rotatable bonds is 4. The number of allylic oxidation sites excluding steroid dienone is 2. The van der Waals surface area contributed by atoms with Crippen molar-refractivity contribution >= 4 is 24.6 Å². The smallest absolute Gasteiger partial charge is 0.384 e. The van der Waals surface area contributed by atoms with Gasteiger partial charge in [-0.2, -0.15) is 8.78 Å². The zero-order valence-corrected chi connectivity index (χ0v) is 15.6. The van der Waals surface area contributed by atoms with Gasteiger partial charge in [0.25, 0.3) is 5.76 Å². The molecule has 3 nitrogen and oxygen atoms in total. The first kappa shape index (κ1) is 18.5. The molecule has 0 bridgehead atoms. The molecule has 0 unspecified atom stereocenters. The molecule has 0 N–H and O–H groups in total. The number of hydrogen-bond acceptors (Lipinski definition) is 4. The maximum absolute atomic E-state index is 12.9. The number of hydrogen-bond donors (Lipinski definition) is 0. The Hall–Kier alpha value is -1.31. The van der Waals surface area contributed by atoms with E-state index in [4.69, 9.17) is 9.31 Å². The molecule has 1 saturated heterocycles. The average Bonchev–Trinajstić information content (AvgIpc) is 2.75. The lowest BCUT2D eigenvalue weighted by Gasteiger charge is -2.32. The van der Waals surface area contributed by atoms with Gasteiger partial charge in [0.2, 0.25) is 0 Å². The lowest BCUT2D eigenvalue weighted by atomic mass is 9.90. The number of alkyl halides is 2. The molecule has 0 saturated carbocycles. The van der Waals surface area contributed by atoms with Crippen LogP contribution in [0.5, 0.6) is 0 Å². The molecule has 1 fully saturated rings. The molecule has 25 heavy (non-hydrogen) atoms. The Balaban J connectivity index is 1.91. The van der Waals surface area contributed by atoms with Crippen molar-refractivity contribution in [1.29, 1.82) is 0 Å². The molecule has 0 aromatic heterocycles. The molecule has 2 aliphatic heterocycles. The minimum Gasteiger partial charge on any atom is -0.384 e. The largest absolute Gasteiger partial charge is 0.598 e. The third kappa shape index (κ3) is 3.94. The molecule has 2 heterocycles. The zero-order valence-electron chi connectivity index (χ0n) is 14.8. The van der Waals surface area contributed by atoms with E-state index in [0.29, 0.717) is 23.1 Å². The van der Waals surface area contributed by atoms with Crippen LogP contribution in [0.25, 0.3) is 5.57 Å². The average molecular weight is 365 g/mol. The number of benzene rings is 1. The summed E-state index contributed by atoms with van der Waals surface area (Å²) >= 11 is 0.570. The summed E-state index contributed by atoms with van der Waals surface area (Å²) in [5.74, 6) is -2.46. The van der Waals surface area contributed by atoms with E-state index in [0.717, 1.165) is 11.1 Å². The minimum absolute atomic E-state index is 0.467. The van der Waals surface area contributed by atoms with Crippen LogP contribution in [0.4, 0.5) is 8.78 Å². The molecule has 7 heteroatoms. The van der Waals surface area contributed by atoms with Crippen LogP contribution in [0.3, 0.4) is 0 Å². The Labute approximate surface area is 152 Å². The van der Waals surface area contributed by atoms with E-state index in [1.54, 1.807) is 11.0 Å². The molecule has 0 amide bonds. The van der Waals surface area contributed by atoms with E-state index in [1.807, 2.05) is 64.2 Å².